The van der Waals surface area contributed by atoms with Gasteiger partial charge in [0.05, 0.1) is 12.3 Å². The van der Waals surface area contributed by atoms with Gasteiger partial charge in [-0.05, 0) is 43.9 Å². The number of hydrogen-bond donors (Lipinski definition) is 3. The molecule has 0 amide bonds. The first-order chi connectivity index (χ1) is 9.16. The Balaban J connectivity index is 1.64. The second-order valence-electron chi connectivity index (χ2n) is 6.09. The maximum atomic E-state index is 10.1. The number of hydrogen-bond acceptors (Lipinski definition) is 4. The molecule has 4 heteroatoms. The second-order valence-corrected chi connectivity index (χ2v) is 6.09. The van der Waals surface area contributed by atoms with E-state index in [-0.39, 0.29) is 12.4 Å². The third kappa shape index (κ3) is 2.47. The van der Waals surface area contributed by atoms with E-state index in [1.165, 1.54) is 25.7 Å². The average molecular weight is 262 g/mol. The molecule has 1 heterocycles. The van der Waals surface area contributed by atoms with E-state index in [2.05, 4.69) is 10.3 Å². The molecule has 3 N–H and O–H groups in total. The van der Waals surface area contributed by atoms with Gasteiger partial charge in [0.1, 0.15) is 5.75 Å². The van der Waals surface area contributed by atoms with Crippen LogP contribution >= 0.6 is 0 Å². The van der Waals surface area contributed by atoms with Crippen molar-refractivity contribution >= 4 is 0 Å². The fraction of sp³-hybridized carbons (Fsp3) is 0.667. The van der Waals surface area contributed by atoms with Crippen LogP contribution in [0, 0.1) is 18.3 Å². The molecule has 0 unspecified atom stereocenters. The summed E-state index contributed by atoms with van der Waals surface area (Å²) in [7, 11) is 0. The predicted molar refractivity (Wildman–Crippen MR) is 72.7 cm³/mol. The Hall–Kier alpha value is -1.13. The molecule has 0 saturated heterocycles. The summed E-state index contributed by atoms with van der Waals surface area (Å²) >= 11 is 0. The molecular weight excluding hydrogens is 240 g/mol. The smallest absolute Gasteiger partial charge is 0.141 e. The lowest BCUT2D eigenvalue weighted by atomic mass is 10.0. The summed E-state index contributed by atoms with van der Waals surface area (Å²) < 4.78 is 0. The average Bonchev–Trinajstić information content (AvgIpc) is 3.27. The number of aromatic hydroxyl groups is 1. The number of aromatic nitrogens is 1. The highest BCUT2D eigenvalue weighted by molar-refractivity contribution is 5.40. The van der Waals surface area contributed by atoms with Gasteiger partial charge in [0.15, 0.2) is 0 Å². The third-order valence-electron chi connectivity index (χ3n) is 4.71. The number of aryl methyl sites for hydroxylation is 1. The number of pyridine rings is 1. The molecule has 1 aromatic heterocycles. The molecule has 4 nitrogen and oxygen atoms in total. The van der Waals surface area contributed by atoms with Gasteiger partial charge in [-0.1, -0.05) is 0 Å². The van der Waals surface area contributed by atoms with Gasteiger partial charge in [-0.15, -0.1) is 0 Å². The largest absolute Gasteiger partial charge is 0.506 e. The molecule has 0 spiro atoms. The molecule has 0 bridgehead atoms. The zero-order chi connectivity index (χ0) is 13.5. The topological polar surface area (TPSA) is 65.4 Å². The van der Waals surface area contributed by atoms with Gasteiger partial charge in [-0.3, -0.25) is 4.98 Å². The maximum Gasteiger partial charge on any atom is 0.141 e. The van der Waals surface area contributed by atoms with E-state index >= 15 is 0 Å². The van der Waals surface area contributed by atoms with E-state index in [0.29, 0.717) is 23.2 Å². The van der Waals surface area contributed by atoms with Crippen molar-refractivity contribution in [3.05, 3.63) is 23.0 Å². The Morgan fingerprint density at radius 3 is 2.74 bits per heavy atom. The summed E-state index contributed by atoms with van der Waals surface area (Å²) in [4.78, 5) is 4.08. The molecule has 0 aromatic carbocycles. The summed E-state index contributed by atoms with van der Waals surface area (Å²) in [5, 5.41) is 22.9. The number of rotatable bonds is 6. The van der Waals surface area contributed by atoms with Crippen LogP contribution in [0.1, 0.15) is 42.5 Å². The van der Waals surface area contributed by atoms with Crippen LogP contribution in [0.15, 0.2) is 6.20 Å². The Kier molecular flexibility index (Phi) is 3.23. The lowest BCUT2D eigenvalue weighted by Gasteiger charge is -2.17. The molecule has 1 aromatic rings. The molecule has 0 aliphatic heterocycles. The highest BCUT2D eigenvalue weighted by Crippen LogP contribution is 2.60. The number of nitrogens with one attached hydrogen (secondary N) is 1. The zero-order valence-corrected chi connectivity index (χ0v) is 11.4. The van der Waals surface area contributed by atoms with E-state index in [9.17, 15) is 10.2 Å². The van der Waals surface area contributed by atoms with Crippen LogP contribution in [0.2, 0.25) is 0 Å². The van der Waals surface area contributed by atoms with Gasteiger partial charge >= 0.3 is 0 Å². The number of aliphatic hydroxyl groups is 1. The molecule has 0 radical (unpaired) electrons. The van der Waals surface area contributed by atoms with Crippen LogP contribution < -0.4 is 5.32 Å². The van der Waals surface area contributed by atoms with Crippen LogP contribution in [-0.2, 0) is 13.2 Å². The third-order valence-corrected chi connectivity index (χ3v) is 4.71. The van der Waals surface area contributed by atoms with Crippen LogP contribution in [-0.4, -0.2) is 21.7 Å². The fourth-order valence-electron chi connectivity index (χ4n) is 3.04. The molecule has 19 heavy (non-hydrogen) atoms. The second kappa shape index (κ2) is 4.76. The van der Waals surface area contributed by atoms with Crippen molar-refractivity contribution in [1.29, 1.82) is 0 Å². The Labute approximate surface area is 113 Å². The molecule has 2 aliphatic rings. The van der Waals surface area contributed by atoms with Gasteiger partial charge in [-0.25, -0.2) is 0 Å². The van der Waals surface area contributed by atoms with Crippen molar-refractivity contribution in [3.63, 3.8) is 0 Å². The van der Waals surface area contributed by atoms with Crippen molar-refractivity contribution in [2.24, 2.45) is 11.3 Å². The van der Waals surface area contributed by atoms with Gasteiger partial charge in [0, 0.05) is 30.4 Å². The quantitative estimate of drug-likeness (QED) is 0.732. The Morgan fingerprint density at radius 2 is 2.16 bits per heavy atom. The van der Waals surface area contributed by atoms with Gasteiger partial charge in [-0.2, -0.15) is 0 Å². The summed E-state index contributed by atoms with van der Waals surface area (Å²) in [6.45, 7) is 3.35. The number of aliphatic hydroxyl groups excluding tert-OH is 1. The lowest BCUT2D eigenvalue weighted by Crippen LogP contribution is -2.25. The van der Waals surface area contributed by atoms with Gasteiger partial charge in [0.25, 0.3) is 0 Å². The Morgan fingerprint density at radius 1 is 1.42 bits per heavy atom. The molecule has 2 saturated carbocycles. The SMILES string of the molecule is Cc1ncc(CO)c(CNCC2(C3CC3)CC2)c1O. The summed E-state index contributed by atoms with van der Waals surface area (Å²) in [6.07, 6.45) is 7.13. The maximum absolute atomic E-state index is 10.1. The molecular formula is C15H22N2O2. The van der Waals surface area contributed by atoms with Crippen LogP contribution in [0.4, 0.5) is 0 Å². The molecule has 0 atom stereocenters. The first-order valence-corrected chi connectivity index (χ1v) is 7.14. The Bertz CT molecular complexity index is 479. The molecule has 3 rings (SSSR count). The van der Waals surface area contributed by atoms with Crippen molar-refractivity contribution in [2.45, 2.75) is 45.8 Å². The minimum Gasteiger partial charge on any atom is -0.506 e. The summed E-state index contributed by atoms with van der Waals surface area (Å²) in [5.74, 6) is 1.15. The van der Waals surface area contributed by atoms with E-state index in [1.807, 2.05) is 0 Å². The molecule has 2 fully saturated rings. The first-order valence-electron chi connectivity index (χ1n) is 7.14. The van der Waals surface area contributed by atoms with Gasteiger partial charge < -0.3 is 15.5 Å². The van der Waals surface area contributed by atoms with E-state index < -0.39 is 0 Å². The zero-order valence-electron chi connectivity index (χ0n) is 11.4. The summed E-state index contributed by atoms with van der Waals surface area (Å²) in [5.41, 5.74) is 2.68. The van der Waals surface area contributed by atoms with Crippen LogP contribution in [0.3, 0.4) is 0 Å². The normalized spacial score (nSPS) is 20.5. The van der Waals surface area contributed by atoms with E-state index in [4.69, 9.17) is 0 Å². The molecule has 104 valence electrons. The number of nitrogens with zero attached hydrogens (tertiary/aromatic N) is 1. The fourth-order valence-corrected chi connectivity index (χ4v) is 3.04. The summed E-state index contributed by atoms with van der Waals surface area (Å²) in [6, 6.07) is 0. The molecule has 2 aliphatic carbocycles. The van der Waals surface area contributed by atoms with Crippen molar-refractivity contribution in [1.82, 2.24) is 10.3 Å². The lowest BCUT2D eigenvalue weighted by molar-refractivity contribution is 0.278. The first kappa shape index (κ1) is 12.9. The van der Waals surface area contributed by atoms with Crippen molar-refractivity contribution in [3.8, 4) is 5.75 Å². The minimum absolute atomic E-state index is 0.0778. The minimum atomic E-state index is -0.0778. The monoisotopic (exact) mass is 262 g/mol. The highest BCUT2D eigenvalue weighted by atomic mass is 16.3. The standard InChI is InChI=1S/C15H22N2O2/c1-10-14(19)13(11(8-18)6-17-10)7-16-9-15(4-5-15)12-2-3-12/h6,12,16,18-19H,2-5,7-9H2,1H3. The van der Waals surface area contributed by atoms with Gasteiger partial charge in [0.2, 0.25) is 0 Å². The van der Waals surface area contributed by atoms with E-state index in [0.717, 1.165) is 18.0 Å². The highest BCUT2D eigenvalue weighted by Gasteiger charge is 2.53. The predicted octanol–water partition coefficient (Wildman–Crippen LogP) is 1.87. The van der Waals surface area contributed by atoms with Crippen LogP contribution in [0.5, 0.6) is 5.75 Å². The van der Waals surface area contributed by atoms with E-state index in [1.54, 1.807) is 13.1 Å². The van der Waals surface area contributed by atoms with Crippen LogP contribution in [0.25, 0.3) is 0 Å². The van der Waals surface area contributed by atoms with Crippen molar-refractivity contribution < 1.29 is 10.2 Å². The van der Waals surface area contributed by atoms with Crippen molar-refractivity contribution in [2.75, 3.05) is 6.54 Å².